The van der Waals surface area contributed by atoms with Gasteiger partial charge in [-0.3, -0.25) is 14.4 Å². The van der Waals surface area contributed by atoms with E-state index in [1.165, 1.54) is 19.1 Å². The number of benzene rings is 2. The number of aliphatic hydroxyl groups excluding tert-OH is 1. The van der Waals surface area contributed by atoms with E-state index >= 15 is 0 Å². The quantitative estimate of drug-likeness (QED) is 0.328. The van der Waals surface area contributed by atoms with Crippen LogP contribution in [0.5, 0.6) is 11.5 Å². The molecule has 1 saturated heterocycles. The summed E-state index contributed by atoms with van der Waals surface area (Å²) >= 11 is 0. The van der Waals surface area contributed by atoms with E-state index < -0.39 is 59.2 Å². The number of ketones is 3. The standard InChI is InChI=1S/C26H28N2O8/c1-10-21(30)15(27)7-17(35-10)36-16-9-26(28,11(2)29)8-14-18(16)25(34)20-19(24(14)33)22(31)12-5-3-4-6-13(12)23(20)32/h3-6,10,15-17,21,30,33-34H,7-9,27-28H2,1-2H3/t10-,15-,16-,17?,21+,26-/m0/s1. The number of hydrogen-bond acceptors (Lipinski definition) is 10. The van der Waals surface area contributed by atoms with Crippen molar-refractivity contribution in [3.63, 3.8) is 0 Å². The first-order valence-corrected chi connectivity index (χ1v) is 11.8. The molecule has 0 saturated carbocycles. The Bertz CT molecular complexity index is 1300. The smallest absolute Gasteiger partial charge is 0.198 e. The number of fused-ring (bicyclic) bond motifs is 3. The number of phenols is 2. The molecular formula is C26H28N2O8. The monoisotopic (exact) mass is 496 g/mol. The van der Waals surface area contributed by atoms with Crippen LogP contribution in [-0.4, -0.2) is 62.7 Å². The van der Waals surface area contributed by atoms with E-state index in [-0.39, 0.29) is 58.4 Å². The van der Waals surface area contributed by atoms with Gasteiger partial charge in [0.15, 0.2) is 17.9 Å². The average Bonchev–Trinajstić information content (AvgIpc) is 2.82. The van der Waals surface area contributed by atoms with E-state index in [0.29, 0.717) is 0 Å². The average molecular weight is 497 g/mol. The molecule has 0 spiro atoms. The fourth-order valence-corrected chi connectivity index (χ4v) is 5.47. The summed E-state index contributed by atoms with van der Waals surface area (Å²) in [6.45, 7) is 2.95. The fraction of sp³-hybridized carbons (Fsp3) is 0.423. The van der Waals surface area contributed by atoms with Gasteiger partial charge in [-0.1, -0.05) is 24.3 Å². The molecule has 6 atom stereocenters. The van der Waals surface area contributed by atoms with Gasteiger partial charge in [0.2, 0.25) is 0 Å². The molecule has 10 heteroatoms. The van der Waals surface area contributed by atoms with Gasteiger partial charge in [0.1, 0.15) is 17.3 Å². The highest BCUT2D eigenvalue weighted by Crippen LogP contribution is 2.51. The molecule has 1 fully saturated rings. The van der Waals surface area contributed by atoms with Gasteiger partial charge >= 0.3 is 0 Å². The third-order valence-corrected chi connectivity index (χ3v) is 7.59. The second-order valence-electron chi connectivity index (χ2n) is 9.92. The maximum Gasteiger partial charge on any atom is 0.198 e. The molecule has 5 rings (SSSR count). The van der Waals surface area contributed by atoms with Crippen molar-refractivity contribution >= 4 is 17.3 Å². The van der Waals surface area contributed by atoms with E-state index in [0.717, 1.165) is 0 Å². The Hall–Kier alpha value is -3.15. The summed E-state index contributed by atoms with van der Waals surface area (Å²) in [4.78, 5) is 39.2. The molecular weight excluding hydrogens is 468 g/mol. The van der Waals surface area contributed by atoms with Crippen LogP contribution < -0.4 is 11.5 Å². The molecule has 0 bridgehead atoms. The molecule has 3 aliphatic rings. The van der Waals surface area contributed by atoms with Crippen LogP contribution in [0.1, 0.15) is 75.8 Å². The highest BCUT2D eigenvalue weighted by atomic mass is 16.7. The maximum atomic E-state index is 13.4. The van der Waals surface area contributed by atoms with Crippen molar-refractivity contribution in [3.8, 4) is 11.5 Å². The highest BCUT2D eigenvalue weighted by molar-refractivity contribution is 6.30. The number of rotatable bonds is 3. The van der Waals surface area contributed by atoms with Crippen molar-refractivity contribution < 1.29 is 39.2 Å². The molecule has 0 aromatic heterocycles. The van der Waals surface area contributed by atoms with Crippen LogP contribution >= 0.6 is 0 Å². The van der Waals surface area contributed by atoms with Crippen molar-refractivity contribution in [1.29, 1.82) is 0 Å². The zero-order valence-electron chi connectivity index (χ0n) is 19.9. The number of carbonyl (C=O) groups is 3. The van der Waals surface area contributed by atoms with Crippen LogP contribution in [0.4, 0.5) is 0 Å². The van der Waals surface area contributed by atoms with Crippen molar-refractivity contribution in [1.82, 2.24) is 0 Å². The minimum atomic E-state index is -1.47. The first-order valence-electron chi connectivity index (χ1n) is 11.8. The highest BCUT2D eigenvalue weighted by Gasteiger charge is 2.48. The molecule has 0 amide bonds. The van der Waals surface area contributed by atoms with E-state index in [2.05, 4.69) is 0 Å². The van der Waals surface area contributed by atoms with Crippen LogP contribution in [0.15, 0.2) is 24.3 Å². The molecule has 1 unspecified atom stereocenters. The first-order chi connectivity index (χ1) is 16.9. The van der Waals surface area contributed by atoms with Crippen molar-refractivity contribution in [2.45, 2.75) is 69.3 Å². The van der Waals surface area contributed by atoms with Crippen molar-refractivity contribution in [2.75, 3.05) is 0 Å². The van der Waals surface area contributed by atoms with Gasteiger partial charge in [0.25, 0.3) is 0 Å². The van der Waals surface area contributed by atoms with E-state index in [9.17, 15) is 29.7 Å². The van der Waals surface area contributed by atoms with Crippen LogP contribution in [0, 0.1) is 0 Å². The van der Waals surface area contributed by atoms with Gasteiger partial charge in [-0.05, 0) is 13.8 Å². The number of hydrogen-bond donors (Lipinski definition) is 5. The summed E-state index contributed by atoms with van der Waals surface area (Å²) in [7, 11) is 0. The molecule has 7 N–H and O–H groups in total. The molecule has 2 aromatic rings. The number of nitrogens with two attached hydrogens (primary N) is 2. The second kappa shape index (κ2) is 8.46. The number of phenolic OH excluding ortho intramolecular Hbond substituents is 2. The third kappa shape index (κ3) is 3.56. The van der Waals surface area contributed by atoms with Gasteiger partial charge in [-0.15, -0.1) is 0 Å². The number of carbonyl (C=O) groups excluding carboxylic acids is 3. The second-order valence-corrected chi connectivity index (χ2v) is 9.92. The summed E-state index contributed by atoms with van der Waals surface area (Å²) < 4.78 is 11.9. The first kappa shape index (κ1) is 24.5. The summed E-state index contributed by atoms with van der Waals surface area (Å²) in [6.07, 6.45) is -3.66. The minimum Gasteiger partial charge on any atom is -0.507 e. The Morgan fingerprint density at radius 1 is 1.11 bits per heavy atom. The lowest BCUT2D eigenvalue weighted by molar-refractivity contribution is -0.243. The number of ether oxygens (including phenoxy) is 2. The number of aromatic hydroxyl groups is 2. The van der Waals surface area contributed by atoms with Gasteiger partial charge in [0.05, 0.1) is 35.0 Å². The van der Waals surface area contributed by atoms with Crippen molar-refractivity contribution in [3.05, 3.63) is 57.6 Å². The van der Waals surface area contributed by atoms with Gasteiger partial charge in [-0.25, -0.2) is 0 Å². The third-order valence-electron chi connectivity index (χ3n) is 7.59. The number of aliphatic hydroxyl groups is 1. The van der Waals surface area contributed by atoms with E-state index in [1.54, 1.807) is 19.1 Å². The Balaban J connectivity index is 1.66. The van der Waals surface area contributed by atoms with E-state index in [1.807, 2.05) is 0 Å². The van der Waals surface area contributed by atoms with Crippen LogP contribution in [0.2, 0.25) is 0 Å². The van der Waals surface area contributed by atoms with E-state index in [4.69, 9.17) is 20.9 Å². The lowest BCUT2D eigenvalue weighted by Crippen LogP contribution is -2.54. The molecule has 0 radical (unpaired) electrons. The zero-order valence-corrected chi connectivity index (χ0v) is 19.9. The van der Waals surface area contributed by atoms with Gasteiger partial charge in [-0.2, -0.15) is 0 Å². The minimum absolute atomic E-state index is 0.0638. The number of Topliss-reactive ketones (excluding diaryl/α,β-unsaturated/α-hetero) is 1. The SMILES string of the molecule is CC(=O)[C@]1(N)Cc2c(O)c3c(c(O)c2[C@@H](OC2C[C@H](N)[C@H](O)[C@H](C)O2)C1)C(=O)c1ccccc1C3=O. The largest absolute Gasteiger partial charge is 0.507 e. The lowest BCUT2D eigenvalue weighted by Gasteiger charge is -2.42. The zero-order chi connectivity index (χ0) is 26.1. The molecule has 2 aliphatic carbocycles. The van der Waals surface area contributed by atoms with Crippen LogP contribution in [-0.2, 0) is 20.7 Å². The van der Waals surface area contributed by atoms with Crippen LogP contribution in [0.25, 0.3) is 0 Å². The summed E-state index contributed by atoms with van der Waals surface area (Å²) in [5.74, 6) is -2.63. The Morgan fingerprint density at radius 2 is 1.69 bits per heavy atom. The Labute approximate surface area is 206 Å². The predicted molar refractivity (Wildman–Crippen MR) is 126 cm³/mol. The summed E-state index contributed by atoms with van der Waals surface area (Å²) in [5, 5.41) is 32.8. The molecule has 36 heavy (non-hydrogen) atoms. The molecule has 2 aromatic carbocycles. The Kier molecular flexibility index (Phi) is 5.77. The summed E-state index contributed by atoms with van der Waals surface area (Å²) in [6, 6.07) is 5.51. The molecule has 1 heterocycles. The normalized spacial score (nSPS) is 31.4. The fourth-order valence-electron chi connectivity index (χ4n) is 5.47. The lowest BCUT2D eigenvalue weighted by atomic mass is 9.71. The van der Waals surface area contributed by atoms with Crippen molar-refractivity contribution in [2.24, 2.45) is 11.5 Å². The molecule has 10 nitrogen and oxygen atoms in total. The topological polar surface area (TPSA) is 182 Å². The predicted octanol–water partition coefficient (Wildman–Crippen LogP) is 0.987. The maximum absolute atomic E-state index is 13.4. The van der Waals surface area contributed by atoms with Gasteiger partial charge in [0, 0.05) is 47.6 Å². The van der Waals surface area contributed by atoms with Gasteiger partial charge < -0.3 is 36.3 Å². The van der Waals surface area contributed by atoms with Crippen LogP contribution in [0.3, 0.4) is 0 Å². The molecule has 190 valence electrons. The Morgan fingerprint density at radius 3 is 2.25 bits per heavy atom. The summed E-state index contributed by atoms with van der Waals surface area (Å²) in [5.41, 5.74) is 10.7. The molecule has 1 aliphatic heterocycles.